The van der Waals surface area contributed by atoms with Gasteiger partial charge >= 0.3 is 0 Å². The van der Waals surface area contributed by atoms with Gasteiger partial charge in [0.15, 0.2) is 0 Å². The highest BCUT2D eigenvalue weighted by Crippen LogP contribution is 2.29. The average molecular weight is 456 g/mol. The second-order valence-corrected chi connectivity index (χ2v) is 9.17. The molecular weight excluding hydrogens is 425 g/mol. The summed E-state index contributed by atoms with van der Waals surface area (Å²) in [4.78, 5) is 7.09. The number of nitrogens with zero attached hydrogens (tertiary/aromatic N) is 3. The summed E-state index contributed by atoms with van der Waals surface area (Å²) in [5, 5.41) is 4.05. The van der Waals surface area contributed by atoms with Crippen LogP contribution in [-0.4, -0.2) is 34.7 Å². The molecule has 4 nitrogen and oxygen atoms in total. The van der Waals surface area contributed by atoms with Crippen LogP contribution in [0.15, 0.2) is 89.5 Å². The van der Waals surface area contributed by atoms with Gasteiger partial charge in [-0.2, -0.15) is 4.98 Å². The van der Waals surface area contributed by atoms with Gasteiger partial charge in [0.05, 0.1) is 0 Å². The van der Waals surface area contributed by atoms with Crippen LogP contribution in [0.2, 0.25) is 0 Å². The molecular formula is C29H30FN3O. The zero-order valence-electron chi connectivity index (χ0n) is 19.3. The van der Waals surface area contributed by atoms with Gasteiger partial charge in [0.25, 0.3) is 0 Å². The molecule has 5 heteroatoms. The number of hydrogen-bond donors (Lipinski definition) is 0. The molecule has 5 rings (SSSR count). The van der Waals surface area contributed by atoms with Gasteiger partial charge in [-0.1, -0.05) is 78.0 Å². The Kier molecular flexibility index (Phi) is 7.10. The maximum absolute atomic E-state index is 13.5. The summed E-state index contributed by atoms with van der Waals surface area (Å²) in [6, 6.07) is 28.0. The Morgan fingerprint density at radius 3 is 2.21 bits per heavy atom. The van der Waals surface area contributed by atoms with Gasteiger partial charge in [-0.05, 0) is 68.1 Å². The van der Waals surface area contributed by atoms with Crippen LogP contribution in [0.4, 0.5) is 4.39 Å². The largest absolute Gasteiger partial charge is 0.339 e. The number of likely N-dealkylation sites (tertiary alicyclic amines) is 1. The van der Waals surface area contributed by atoms with E-state index in [4.69, 9.17) is 4.52 Å². The molecule has 174 valence electrons. The van der Waals surface area contributed by atoms with E-state index in [0.717, 1.165) is 45.3 Å². The first-order valence-corrected chi connectivity index (χ1v) is 12.2. The van der Waals surface area contributed by atoms with Gasteiger partial charge in [0.2, 0.25) is 11.7 Å². The van der Waals surface area contributed by atoms with Gasteiger partial charge in [-0.3, -0.25) is 0 Å². The summed E-state index contributed by atoms with van der Waals surface area (Å²) in [5.74, 6) is 1.76. The lowest BCUT2D eigenvalue weighted by atomic mass is 9.87. The third kappa shape index (κ3) is 5.60. The molecule has 2 heterocycles. The first-order chi connectivity index (χ1) is 16.7. The molecule has 1 aliphatic heterocycles. The van der Waals surface area contributed by atoms with E-state index in [1.807, 2.05) is 0 Å². The molecule has 0 bridgehead atoms. The van der Waals surface area contributed by atoms with Crippen LogP contribution in [0.25, 0.3) is 11.4 Å². The summed E-state index contributed by atoms with van der Waals surface area (Å²) >= 11 is 0. The standard InChI is InChI=1S/C29H30FN3O/c30-26-13-7-12-25(21-26)29-31-28(34-32-29)20-22-14-17-33(18-15-22)19-16-27(23-8-3-1-4-9-23)24-10-5-2-6-11-24/h1-13,21-22,27H,14-20H2. The van der Waals surface area contributed by atoms with Gasteiger partial charge in [-0.15, -0.1) is 0 Å². The van der Waals surface area contributed by atoms with Crippen molar-refractivity contribution in [2.24, 2.45) is 5.92 Å². The number of piperidine rings is 1. The third-order valence-electron chi connectivity index (χ3n) is 6.86. The quantitative estimate of drug-likeness (QED) is 0.310. The van der Waals surface area contributed by atoms with E-state index in [1.165, 1.54) is 23.3 Å². The van der Waals surface area contributed by atoms with Gasteiger partial charge < -0.3 is 9.42 Å². The molecule has 0 unspecified atom stereocenters. The molecule has 34 heavy (non-hydrogen) atoms. The van der Waals surface area contributed by atoms with Crippen molar-refractivity contribution in [3.63, 3.8) is 0 Å². The van der Waals surface area contributed by atoms with E-state index in [2.05, 4.69) is 75.7 Å². The lowest BCUT2D eigenvalue weighted by Crippen LogP contribution is -2.35. The molecule has 0 spiro atoms. The number of rotatable bonds is 8. The second-order valence-electron chi connectivity index (χ2n) is 9.17. The third-order valence-corrected chi connectivity index (χ3v) is 6.86. The fraction of sp³-hybridized carbons (Fsp3) is 0.310. The fourth-order valence-electron chi connectivity index (χ4n) is 4.95. The minimum atomic E-state index is -0.294. The minimum absolute atomic E-state index is 0.294. The first-order valence-electron chi connectivity index (χ1n) is 12.2. The minimum Gasteiger partial charge on any atom is -0.339 e. The zero-order chi connectivity index (χ0) is 23.2. The Hall–Kier alpha value is -3.31. The lowest BCUT2D eigenvalue weighted by Gasteiger charge is -2.32. The molecule has 1 saturated heterocycles. The number of halogens is 1. The van der Waals surface area contributed by atoms with Crippen molar-refractivity contribution in [1.82, 2.24) is 15.0 Å². The van der Waals surface area contributed by atoms with Crippen LogP contribution >= 0.6 is 0 Å². The zero-order valence-corrected chi connectivity index (χ0v) is 19.3. The maximum Gasteiger partial charge on any atom is 0.227 e. The van der Waals surface area contributed by atoms with E-state index in [9.17, 15) is 4.39 Å². The highest BCUT2D eigenvalue weighted by Gasteiger charge is 2.23. The Bertz CT molecular complexity index is 1130. The molecule has 0 saturated carbocycles. The molecule has 4 aromatic rings. The van der Waals surface area contributed by atoms with Crippen molar-refractivity contribution in [2.45, 2.75) is 31.6 Å². The number of aromatic nitrogens is 2. The summed E-state index contributed by atoms with van der Waals surface area (Å²) in [6.07, 6.45) is 4.14. The average Bonchev–Trinajstić information content (AvgIpc) is 3.35. The Morgan fingerprint density at radius 1 is 0.882 bits per heavy atom. The normalized spacial score (nSPS) is 15.1. The monoisotopic (exact) mass is 455 g/mol. The van der Waals surface area contributed by atoms with Crippen LogP contribution in [-0.2, 0) is 6.42 Å². The van der Waals surface area contributed by atoms with E-state index in [1.54, 1.807) is 12.1 Å². The van der Waals surface area contributed by atoms with Crippen molar-refractivity contribution in [3.05, 3.63) is 108 Å². The predicted molar refractivity (Wildman–Crippen MR) is 132 cm³/mol. The van der Waals surface area contributed by atoms with E-state index >= 15 is 0 Å². The number of benzene rings is 3. The molecule has 1 aliphatic rings. The van der Waals surface area contributed by atoms with Crippen molar-refractivity contribution >= 4 is 0 Å². The second kappa shape index (κ2) is 10.7. The smallest absolute Gasteiger partial charge is 0.227 e. The number of hydrogen-bond acceptors (Lipinski definition) is 4. The molecule has 0 aliphatic carbocycles. The van der Waals surface area contributed by atoms with Crippen LogP contribution in [0.1, 0.15) is 42.2 Å². The van der Waals surface area contributed by atoms with E-state index in [-0.39, 0.29) is 5.82 Å². The van der Waals surface area contributed by atoms with Crippen LogP contribution < -0.4 is 0 Å². The topological polar surface area (TPSA) is 42.2 Å². The summed E-state index contributed by atoms with van der Waals surface area (Å²) in [5.41, 5.74) is 3.42. The van der Waals surface area contributed by atoms with Crippen molar-refractivity contribution in [3.8, 4) is 11.4 Å². The summed E-state index contributed by atoms with van der Waals surface area (Å²) in [6.45, 7) is 3.27. The molecule has 0 amide bonds. The van der Waals surface area contributed by atoms with Crippen molar-refractivity contribution in [1.29, 1.82) is 0 Å². The van der Waals surface area contributed by atoms with Crippen molar-refractivity contribution in [2.75, 3.05) is 19.6 Å². The van der Waals surface area contributed by atoms with Crippen LogP contribution in [0.3, 0.4) is 0 Å². The molecule has 0 radical (unpaired) electrons. The van der Waals surface area contributed by atoms with Gasteiger partial charge in [-0.25, -0.2) is 4.39 Å². The summed E-state index contributed by atoms with van der Waals surface area (Å²) < 4.78 is 19.0. The van der Waals surface area contributed by atoms with E-state index in [0.29, 0.717) is 29.1 Å². The van der Waals surface area contributed by atoms with Crippen LogP contribution in [0, 0.1) is 11.7 Å². The Balaban J connectivity index is 1.14. The molecule has 0 N–H and O–H groups in total. The molecule has 0 atom stereocenters. The molecule has 1 fully saturated rings. The molecule has 1 aromatic heterocycles. The SMILES string of the molecule is Fc1cccc(-c2noc(CC3CCN(CCC(c4ccccc4)c4ccccc4)CC3)n2)c1. The fourth-order valence-corrected chi connectivity index (χ4v) is 4.95. The lowest BCUT2D eigenvalue weighted by molar-refractivity contribution is 0.174. The first kappa shape index (κ1) is 22.5. The molecule has 3 aromatic carbocycles. The van der Waals surface area contributed by atoms with Gasteiger partial charge in [0.1, 0.15) is 5.82 Å². The summed E-state index contributed by atoms with van der Waals surface area (Å²) in [7, 11) is 0. The maximum atomic E-state index is 13.5. The highest BCUT2D eigenvalue weighted by molar-refractivity contribution is 5.53. The van der Waals surface area contributed by atoms with Gasteiger partial charge in [0, 0.05) is 17.9 Å². The predicted octanol–water partition coefficient (Wildman–Crippen LogP) is 6.35. The Morgan fingerprint density at radius 2 is 1.56 bits per heavy atom. The van der Waals surface area contributed by atoms with E-state index < -0.39 is 0 Å². The Labute approximate surface area is 200 Å². The van der Waals surface area contributed by atoms with Crippen LogP contribution in [0.5, 0.6) is 0 Å². The van der Waals surface area contributed by atoms with Crippen molar-refractivity contribution < 1.29 is 8.91 Å². The highest BCUT2D eigenvalue weighted by atomic mass is 19.1.